The summed E-state index contributed by atoms with van der Waals surface area (Å²) in [5.74, 6) is -2.35. The third-order valence-corrected chi connectivity index (χ3v) is 9.94. The van der Waals surface area contributed by atoms with Gasteiger partial charge in [-0.3, -0.25) is 9.59 Å². The van der Waals surface area contributed by atoms with Gasteiger partial charge in [0, 0.05) is 12.8 Å². The zero-order valence-corrected chi connectivity index (χ0v) is 39.5. The van der Waals surface area contributed by atoms with Crippen LogP contribution in [-0.2, 0) is 33.3 Å². The average molecular weight is 856 g/mol. The molecule has 0 heterocycles. The normalized spacial score (nSPS) is 13.5. The topological polar surface area (TPSA) is 111 Å². The molecule has 0 aliphatic rings. The minimum atomic E-state index is -1.64. The van der Waals surface area contributed by atoms with Crippen molar-refractivity contribution < 1.29 is 42.9 Å². The van der Waals surface area contributed by atoms with Gasteiger partial charge >= 0.3 is 11.9 Å². The van der Waals surface area contributed by atoms with Gasteiger partial charge in [-0.05, 0) is 83.5 Å². The van der Waals surface area contributed by atoms with Gasteiger partial charge in [-0.25, -0.2) is 0 Å². The molecular weight excluding hydrogens is 767 g/mol. The van der Waals surface area contributed by atoms with Crippen LogP contribution in [-0.4, -0.2) is 82.3 Å². The van der Waals surface area contributed by atoms with Crippen LogP contribution in [0.4, 0.5) is 0 Å². The molecule has 2 atom stereocenters. The van der Waals surface area contributed by atoms with Crippen molar-refractivity contribution in [3.8, 4) is 0 Å². The van der Waals surface area contributed by atoms with Crippen molar-refractivity contribution in [2.24, 2.45) is 0 Å². The smallest absolute Gasteiger partial charge is 0.306 e. The van der Waals surface area contributed by atoms with Crippen molar-refractivity contribution in [1.29, 1.82) is 0 Å². The van der Waals surface area contributed by atoms with Crippen LogP contribution in [0.3, 0.4) is 0 Å². The number of carboxylic acid groups (broad SMARTS) is 1. The standard InChI is InChI=1S/C52H89NO8/c1-6-8-10-12-14-16-18-20-22-23-24-25-26-27-29-30-32-34-36-38-40-42-49(54)59-46-48(47-60-52(51(56)57)58-45-44-53(3,4)5)61-50(55)43-41-39-37-35-33-31-28-21-19-17-15-13-11-9-7-2/h9,11,15,17-18,20-21,23-24,28,33,35,48,52H,6-8,10,12-14,16,19,22,25-27,29-32,34,36-47H2,1-5H3/b11-9-,17-15-,20-18-,24-23-,28-21-,35-33-. The summed E-state index contributed by atoms with van der Waals surface area (Å²) in [6, 6.07) is 0. The van der Waals surface area contributed by atoms with Crippen LogP contribution in [0.25, 0.3) is 0 Å². The van der Waals surface area contributed by atoms with Gasteiger partial charge < -0.3 is 33.3 Å². The van der Waals surface area contributed by atoms with Crippen LogP contribution in [0.5, 0.6) is 0 Å². The molecular formula is C52H89NO8. The molecule has 0 radical (unpaired) electrons. The molecule has 0 saturated carbocycles. The summed E-state index contributed by atoms with van der Waals surface area (Å²) >= 11 is 0. The molecule has 0 amide bonds. The Balaban J connectivity index is 4.43. The fourth-order valence-electron chi connectivity index (χ4n) is 6.20. The fourth-order valence-corrected chi connectivity index (χ4v) is 6.20. The second-order valence-corrected chi connectivity index (χ2v) is 17.0. The number of carbonyl (C=O) groups excluding carboxylic acids is 3. The van der Waals surface area contributed by atoms with Gasteiger partial charge in [0.05, 0.1) is 40.3 Å². The number of aliphatic carboxylic acids is 1. The highest BCUT2D eigenvalue weighted by Crippen LogP contribution is 2.13. The van der Waals surface area contributed by atoms with Crippen molar-refractivity contribution in [2.45, 2.75) is 193 Å². The van der Waals surface area contributed by atoms with E-state index >= 15 is 0 Å². The maximum absolute atomic E-state index is 12.7. The van der Waals surface area contributed by atoms with E-state index in [0.717, 1.165) is 77.0 Å². The number of hydrogen-bond acceptors (Lipinski definition) is 8. The predicted octanol–water partition coefficient (Wildman–Crippen LogP) is 11.8. The maximum Gasteiger partial charge on any atom is 0.306 e. The first-order chi connectivity index (χ1) is 29.6. The SMILES string of the molecule is CC/C=C\C/C=C\C/C=C\C/C=C\CCCCC(=O)OC(COC(=O)CCCCCCCCCCC/C=C\C/C=C\CCCCCCC)COC(OCC[N+](C)(C)C)C(=O)[O-]. The number of nitrogens with zero attached hydrogens (tertiary/aromatic N) is 1. The fraction of sp³-hybridized carbons (Fsp3) is 0.712. The molecule has 0 bridgehead atoms. The number of ether oxygens (including phenoxy) is 4. The molecule has 0 spiro atoms. The second-order valence-electron chi connectivity index (χ2n) is 17.0. The van der Waals surface area contributed by atoms with Crippen LogP contribution in [0.15, 0.2) is 72.9 Å². The summed E-state index contributed by atoms with van der Waals surface area (Å²) in [7, 11) is 5.89. The van der Waals surface area contributed by atoms with Gasteiger partial charge in [0.1, 0.15) is 13.2 Å². The van der Waals surface area contributed by atoms with E-state index in [9.17, 15) is 19.5 Å². The second kappa shape index (κ2) is 43.4. The summed E-state index contributed by atoms with van der Waals surface area (Å²) in [5, 5.41) is 11.7. The molecule has 0 fully saturated rings. The molecule has 9 heteroatoms. The highest BCUT2D eigenvalue weighted by Gasteiger charge is 2.21. The number of carboxylic acids is 1. The van der Waals surface area contributed by atoms with Crippen molar-refractivity contribution in [1.82, 2.24) is 0 Å². The zero-order chi connectivity index (χ0) is 44.9. The predicted molar refractivity (Wildman–Crippen MR) is 251 cm³/mol. The minimum absolute atomic E-state index is 0.135. The summed E-state index contributed by atoms with van der Waals surface area (Å²) < 4.78 is 22.5. The van der Waals surface area contributed by atoms with E-state index in [4.69, 9.17) is 18.9 Å². The highest BCUT2D eigenvalue weighted by atomic mass is 16.7. The van der Waals surface area contributed by atoms with E-state index in [-0.39, 0.29) is 38.6 Å². The maximum atomic E-state index is 12.7. The molecule has 0 saturated heterocycles. The molecule has 0 aliphatic heterocycles. The van der Waals surface area contributed by atoms with Crippen LogP contribution in [0, 0.1) is 0 Å². The van der Waals surface area contributed by atoms with Gasteiger partial charge in [0.15, 0.2) is 12.4 Å². The number of quaternary nitrogens is 1. The molecule has 0 aromatic carbocycles. The van der Waals surface area contributed by atoms with Gasteiger partial charge in [-0.15, -0.1) is 0 Å². The Hall–Kier alpha value is -3.27. The first-order valence-electron chi connectivity index (χ1n) is 24.1. The lowest BCUT2D eigenvalue weighted by Gasteiger charge is -2.26. The van der Waals surface area contributed by atoms with Gasteiger partial charge in [-0.2, -0.15) is 0 Å². The lowest BCUT2D eigenvalue weighted by molar-refractivity contribution is -0.870. The molecule has 61 heavy (non-hydrogen) atoms. The molecule has 9 nitrogen and oxygen atoms in total. The summed E-state index contributed by atoms with van der Waals surface area (Å²) in [6.45, 7) is 4.55. The number of allylic oxidation sites excluding steroid dienone is 12. The Bertz CT molecular complexity index is 1230. The summed E-state index contributed by atoms with van der Waals surface area (Å²) in [6.07, 6.45) is 50.8. The van der Waals surface area contributed by atoms with Crippen molar-refractivity contribution >= 4 is 17.9 Å². The van der Waals surface area contributed by atoms with Crippen molar-refractivity contribution in [2.75, 3.05) is 47.5 Å². The summed E-state index contributed by atoms with van der Waals surface area (Å²) in [5.41, 5.74) is 0. The van der Waals surface area contributed by atoms with Crippen LogP contribution >= 0.6 is 0 Å². The molecule has 0 N–H and O–H groups in total. The Morgan fingerprint density at radius 3 is 1.43 bits per heavy atom. The van der Waals surface area contributed by atoms with Crippen molar-refractivity contribution in [3.05, 3.63) is 72.9 Å². The Kier molecular flexibility index (Phi) is 41.1. The van der Waals surface area contributed by atoms with Gasteiger partial charge in [0.25, 0.3) is 0 Å². The molecule has 0 aliphatic carbocycles. The van der Waals surface area contributed by atoms with E-state index in [1.807, 2.05) is 21.1 Å². The van der Waals surface area contributed by atoms with Gasteiger partial charge in [-0.1, -0.05) is 157 Å². The van der Waals surface area contributed by atoms with Gasteiger partial charge in [0.2, 0.25) is 0 Å². The lowest BCUT2D eigenvalue weighted by Crippen LogP contribution is -2.44. The van der Waals surface area contributed by atoms with E-state index in [0.29, 0.717) is 17.4 Å². The minimum Gasteiger partial charge on any atom is -0.545 e. The molecule has 350 valence electrons. The van der Waals surface area contributed by atoms with E-state index in [1.54, 1.807) is 0 Å². The number of unbranched alkanes of at least 4 members (excludes halogenated alkanes) is 16. The number of esters is 2. The molecule has 0 aromatic rings. The Morgan fingerprint density at radius 1 is 0.508 bits per heavy atom. The average Bonchev–Trinajstić information content (AvgIpc) is 3.22. The van der Waals surface area contributed by atoms with E-state index < -0.39 is 24.3 Å². The zero-order valence-electron chi connectivity index (χ0n) is 39.5. The number of rotatable bonds is 43. The van der Waals surface area contributed by atoms with E-state index in [1.165, 1.54) is 70.6 Å². The first kappa shape index (κ1) is 57.7. The molecule has 2 unspecified atom stereocenters. The first-order valence-corrected chi connectivity index (χ1v) is 24.1. The largest absolute Gasteiger partial charge is 0.545 e. The number of carbonyl (C=O) groups is 3. The monoisotopic (exact) mass is 856 g/mol. The van der Waals surface area contributed by atoms with Crippen LogP contribution < -0.4 is 5.11 Å². The third kappa shape index (κ3) is 44.6. The molecule has 0 rings (SSSR count). The van der Waals surface area contributed by atoms with Crippen molar-refractivity contribution in [3.63, 3.8) is 0 Å². The van der Waals surface area contributed by atoms with E-state index in [2.05, 4.69) is 86.8 Å². The Morgan fingerprint density at radius 2 is 0.934 bits per heavy atom. The van der Waals surface area contributed by atoms with Crippen LogP contribution in [0.1, 0.15) is 181 Å². The summed E-state index contributed by atoms with van der Waals surface area (Å²) in [4.78, 5) is 37.0. The lowest BCUT2D eigenvalue weighted by atomic mass is 10.1. The number of hydrogen-bond donors (Lipinski definition) is 0. The van der Waals surface area contributed by atoms with Crippen LogP contribution in [0.2, 0.25) is 0 Å². The quantitative estimate of drug-likeness (QED) is 0.0196. The number of likely N-dealkylation sites (N-methyl/N-ethyl adjacent to an activating group) is 1. The highest BCUT2D eigenvalue weighted by molar-refractivity contribution is 5.70. The Labute approximate surface area is 373 Å². The third-order valence-electron chi connectivity index (χ3n) is 9.94. The molecule has 0 aromatic heterocycles.